The number of amides is 1. The number of para-hydroxylation sites is 2. The lowest BCUT2D eigenvalue weighted by molar-refractivity contribution is -0.123. The molecule has 3 aromatic carbocycles. The van der Waals surface area contributed by atoms with Crippen molar-refractivity contribution < 1.29 is 14.3 Å². The van der Waals surface area contributed by atoms with Crippen LogP contribution in [-0.2, 0) is 11.4 Å². The molecule has 30 heavy (non-hydrogen) atoms. The first-order valence-corrected chi connectivity index (χ1v) is 9.38. The molecule has 6 nitrogen and oxygen atoms in total. The van der Waals surface area contributed by atoms with Crippen molar-refractivity contribution in [1.29, 1.82) is 5.26 Å². The number of nitrogens with zero attached hydrogens (tertiary/aromatic N) is 2. The van der Waals surface area contributed by atoms with Gasteiger partial charge in [-0.05, 0) is 36.8 Å². The number of hydrogen-bond acceptors (Lipinski definition) is 5. The van der Waals surface area contributed by atoms with Crippen molar-refractivity contribution in [3.63, 3.8) is 0 Å². The fraction of sp³-hybridized carbons (Fsp3) is 0.125. The average molecular weight is 399 g/mol. The Balaban J connectivity index is 1.60. The third-order valence-electron chi connectivity index (χ3n) is 4.23. The monoisotopic (exact) mass is 399 g/mol. The Hall–Kier alpha value is -4.11. The van der Waals surface area contributed by atoms with Crippen LogP contribution in [0.3, 0.4) is 0 Å². The number of benzene rings is 3. The summed E-state index contributed by atoms with van der Waals surface area (Å²) in [7, 11) is 0. The molecule has 150 valence electrons. The number of carbonyl (C=O) groups is 1. The molecule has 0 saturated heterocycles. The van der Waals surface area contributed by atoms with E-state index in [-0.39, 0.29) is 6.61 Å². The molecule has 0 bridgehead atoms. The van der Waals surface area contributed by atoms with E-state index in [1.165, 1.54) is 0 Å². The van der Waals surface area contributed by atoms with Crippen LogP contribution in [0.2, 0.25) is 0 Å². The normalized spacial score (nSPS) is 10.7. The summed E-state index contributed by atoms with van der Waals surface area (Å²) >= 11 is 0. The fourth-order valence-electron chi connectivity index (χ4n) is 2.69. The van der Waals surface area contributed by atoms with E-state index in [0.29, 0.717) is 29.4 Å². The number of rotatable bonds is 8. The van der Waals surface area contributed by atoms with E-state index in [0.717, 1.165) is 11.1 Å². The minimum absolute atomic E-state index is 0.248. The molecule has 0 atom stereocenters. The van der Waals surface area contributed by atoms with Gasteiger partial charge in [-0.3, -0.25) is 4.79 Å². The van der Waals surface area contributed by atoms with Crippen molar-refractivity contribution in [1.82, 2.24) is 5.43 Å². The van der Waals surface area contributed by atoms with Crippen LogP contribution in [-0.4, -0.2) is 18.2 Å². The standard InChI is InChI=1S/C24H21N3O3/c1-18(26-27-24(28)17-30-22-13-7-5-11-20(22)15-25)21-12-6-8-14-23(21)29-16-19-9-3-2-4-10-19/h2-14H,16-17H2,1H3,(H,27,28)/b26-18-. The highest BCUT2D eigenvalue weighted by atomic mass is 16.5. The van der Waals surface area contributed by atoms with Crippen molar-refractivity contribution in [2.24, 2.45) is 5.10 Å². The number of hydrazone groups is 1. The van der Waals surface area contributed by atoms with E-state index in [4.69, 9.17) is 14.7 Å². The molecule has 0 saturated carbocycles. The van der Waals surface area contributed by atoms with Gasteiger partial charge in [0, 0.05) is 5.56 Å². The van der Waals surface area contributed by atoms with Crippen LogP contribution in [0, 0.1) is 11.3 Å². The molecule has 0 aliphatic carbocycles. The molecule has 6 heteroatoms. The van der Waals surface area contributed by atoms with Crippen LogP contribution in [0.1, 0.15) is 23.6 Å². The van der Waals surface area contributed by atoms with Crippen LogP contribution in [0.4, 0.5) is 0 Å². The maximum atomic E-state index is 12.1. The van der Waals surface area contributed by atoms with Crippen LogP contribution >= 0.6 is 0 Å². The predicted molar refractivity (Wildman–Crippen MR) is 114 cm³/mol. The third kappa shape index (κ3) is 5.69. The minimum atomic E-state index is -0.426. The summed E-state index contributed by atoms with van der Waals surface area (Å²) in [5, 5.41) is 13.2. The molecule has 0 aromatic heterocycles. The molecule has 3 rings (SSSR count). The minimum Gasteiger partial charge on any atom is -0.488 e. The topological polar surface area (TPSA) is 83.7 Å². The maximum Gasteiger partial charge on any atom is 0.277 e. The highest BCUT2D eigenvalue weighted by Gasteiger charge is 2.09. The van der Waals surface area contributed by atoms with Gasteiger partial charge in [-0.2, -0.15) is 10.4 Å². The maximum absolute atomic E-state index is 12.1. The first-order valence-electron chi connectivity index (χ1n) is 9.38. The van der Waals surface area contributed by atoms with Crippen molar-refractivity contribution >= 4 is 11.6 Å². The Morgan fingerprint density at radius 1 is 0.933 bits per heavy atom. The van der Waals surface area contributed by atoms with Crippen molar-refractivity contribution in [3.8, 4) is 17.6 Å². The second kappa shape index (κ2) is 10.4. The van der Waals surface area contributed by atoms with Gasteiger partial charge in [-0.1, -0.05) is 54.6 Å². The summed E-state index contributed by atoms with van der Waals surface area (Å²) in [6.07, 6.45) is 0. The first kappa shape index (κ1) is 20.6. The van der Waals surface area contributed by atoms with Crippen LogP contribution in [0.5, 0.6) is 11.5 Å². The molecule has 0 heterocycles. The SMILES string of the molecule is C/C(=N/NC(=O)COc1ccccc1C#N)c1ccccc1OCc1ccccc1. The lowest BCUT2D eigenvalue weighted by Gasteiger charge is -2.12. The van der Waals surface area contributed by atoms with Gasteiger partial charge in [0.1, 0.15) is 24.2 Å². The van der Waals surface area contributed by atoms with Gasteiger partial charge in [0.25, 0.3) is 5.91 Å². The van der Waals surface area contributed by atoms with E-state index in [1.807, 2.05) is 60.7 Å². The van der Waals surface area contributed by atoms with Crippen LogP contribution in [0.25, 0.3) is 0 Å². The second-order valence-electron chi connectivity index (χ2n) is 6.40. The number of nitriles is 1. The molecule has 0 aliphatic heterocycles. The van der Waals surface area contributed by atoms with Crippen LogP contribution < -0.4 is 14.9 Å². The van der Waals surface area contributed by atoms with Gasteiger partial charge < -0.3 is 9.47 Å². The third-order valence-corrected chi connectivity index (χ3v) is 4.23. The van der Waals surface area contributed by atoms with E-state index in [9.17, 15) is 4.79 Å². The zero-order chi connectivity index (χ0) is 21.2. The average Bonchev–Trinajstić information content (AvgIpc) is 2.80. The van der Waals surface area contributed by atoms with Gasteiger partial charge in [-0.25, -0.2) is 5.43 Å². The lowest BCUT2D eigenvalue weighted by atomic mass is 10.1. The van der Waals surface area contributed by atoms with Gasteiger partial charge in [-0.15, -0.1) is 0 Å². The van der Waals surface area contributed by atoms with Crippen molar-refractivity contribution in [3.05, 3.63) is 95.6 Å². The molecule has 0 unspecified atom stereocenters. The molecule has 1 amide bonds. The van der Waals surface area contributed by atoms with Crippen LogP contribution in [0.15, 0.2) is 84.0 Å². The number of carbonyl (C=O) groups excluding carboxylic acids is 1. The summed E-state index contributed by atoms with van der Waals surface area (Å²) in [5.41, 5.74) is 5.29. The molecule has 0 fully saturated rings. The molecule has 0 radical (unpaired) electrons. The van der Waals surface area contributed by atoms with Gasteiger partial charge in [0.05, 0.1) is 11.3 Å². The van der Waals surface area contributed by atoms with Gasteiger partial charge in [0.15, 0.2) is 6.61 Å². The quantitative estimate of drug-likeness (QED) is 0.457. The number of hydrogen-bond donors (Lipinski definition) is 1. The largest absolute Gasteiger partial charge is 0.488 e. The molecule has 3 aromatic rings. The van der Waals surface area contributed by atoms with E-state index in [2.05, 4.69) is 10.5 Å². The summed E-state index contributed by atoms with van der Waals surface area (Å²) in [5.74, 6) is 0.608. The summed E-state index contributed by atoms with van der Waals surface area (Å²) in [4.78, 5) is 12.1. The summed E-state index contributed by atoms with van der Waals surface area (Å²) < 4.78 is 11.3. The summed E-state index contributed by atoms with van der Waals surface area (Å²) in [6, 6.07) is 26.1. The Labute approximate surface area is 175 Å². The number of ether oxygens (including phenoxy) is 2. The van der Waals surface area contributed by atoms with E-state index < -0.39 is 5.91 Å². The lowest BCUT2D eigenvalue weighted by Crippen LogP contribution is -2.25. The van der Waals surface area contributed by atoms with E-state index >= 15 is 0 Å². The molecule has 0 spiro atoms. The molecular weight excluding hydrogens is 378 g/mol. The molecule has 1 N–H and O–H groups in total. The Morgan fingerprint density at radius 3 is 2.37 bits per heavy atom. The Morgan fingerprint density at radius 2 is 1.60 bits per heavy atom. The fourth-order valence-corrected chi connectivity index (χ4v) is 2.69. The van der Waals surface area contributed by atoms with Crippen molar-refractivity contribution in [2.75, 3.05) is 6.61 Å². The second-order valence-corrected chi connectivity index (χ2v) is 6.40. The first-order chi connectivity index (χ1) is 14.7. The zero-order valence-corrected chi connectivity index (χ0v) is 16.5. The van der Waals surface area contributed by atoms with Crippen molar-refractivity contribution in [2.45, 2.75) is 13.5 Å². The zero-order valence-electron chi connectivity index (χ0n) is 16.5. The highest BCUT2D eigenvalue weighted by Crippen LogP contribution is 2.20. The molecular formula is C24H21N3O3. The smallest absolute Gasteiger partial charge is 0.277 e. The predicted octanol–water partition coefficient (Wildman–Crippen LogP) is 4.06. The number of nitrogens with one attached hydrogen (secondary N) is 1. The summed E-state index contributed by atoms with van der Waals surface area (Å²) in [6.45, 7) is 1.97. The van der Waals surface area contributed by atoms with Gasteiger partial charge >= 0.3 is 0 Å². The molecule has 0 aliphatic rings. The Kier molecular flexibility index (Phi) is 7.17. The Bertz CT molecular complexity index is 1070. The highest BCUT2D eigenvalue weighted by molar-refractivity contribution is 6.01. The van der Waals surface area contributed by atoms with Gasteiger partial charge in [0.2, 0.25) is 0 Å². The van der Waals surface area contributed by atoms with E-state index in [1.54, 1.807) is 31.2 Å².